The molecule has 8 nitrogen and oxygen atoms in total. The fraction of sp³-hybridized carbons (Fsp3) is 0.643. The molecule has 0 bridgehead atoms. The van der Waals surface area contributed by atoms with Gasteiger partial charge in [-0.25, -0.2) is 4.79 Å². The number of hydrogen-bond donors (Lipinski definition) is 1. The van der Waals surface area contributed by atoms with Gasteiger partial charge in [-0.2, -0.15) is 5.10 Å². The number of fused-ring (bicyclic) bond motifs is 1. The average molecular weight is 308 g/mol. The molecule has 0 spiro atoms. The molecule has 2 amide bonds. The summed E-state index contributed by atoms with van der Waals surface area (Å²) in [5.41, 5.74) is 1.51. The van der Waals surface area contributed by atoms with Crippen molar-refractivity contribution >= 4 is 17.7 Å². The third kappa shape index (κ3) is 2.43. The third-order valence-corrected chi connectivity index (χ3v) is 4.36. The zero-order valence-electron chi connectivity index (χ0n) is 12.7. The Hall–Kier alpha value is -2.09. The fourth-order valence-electron chi connectivity index (χ4n) is 3.23. The first kappa shape index (κ1) is 14.8. The molecule has 1 fully saturated rings. The lowest BCUT2D eigenvalue weighted by molar-refractivity contribution is -0.117. The molecule has 2 aliphatic heterocycles. The molecule has 1 N–H and O–H groups in total. The van der Waals surface area contributed by atoms with E-state index in [1.54, 1.807) is 22.9 Å². The van der Waals surface area contributed by atoms with Gasteiger partial charge in [0.15, 0.2) is 0 Å². The van der Waals surface area contributed by atoms with Crippen LogP contribution in [0.1, 0.15) is 19.0 Å². The second-order valence-electron chi connectivity index (χ2n) is 5.95. The fourth-order valence-corrected chi connectivity index (χ4v) is 3.23. The minimum absolute atomic E-state index is 0.0401. The molecule has 0 saturated carbocycles. The topological polar surface area (TPSA) is 87.9 Å². The maximum atomic E-state index is 12.2. The summed E-state index contributed by atoms with van der Waals surface area (Å²) in [7, 11) is 1.63. The number of carboxylic acid groups (broad SMARTS) is 1. The van der Waals surface area contributed by atoms with E-state index in [1.807, 2.05) is 6.92 Å². The van der Waals surface area contributed by atoms with Crippen LogP contribution in [0, 0.1) is 5.92 Å². The number of amides is 2. The monoisotopic (exact) mass is 308 g/mol. The van der Waals surface area contributed by atoms with Crippen molar-refractivity contribution in [3.8, 4) is 0 Å². The lowest BCUT2D eigenvalue weighted by Gasteiger charge is -2.32. The number of methoxy groups -OCH3 is 1. The van der Waals surface area contributed by atoms with E-state index in [0.29, 0.717) is 26.1 Å². The van der Waals surface area contributed by atoms with Gasteiger partial charge in [0.05, 0.1) is 43.3 Å². The van der Waals surface area contributed by atoms with Crippen molar-refractivity contribution in [1.29, 1.82) is 0 Å². The molecular weight excluding hydrogens is 288 g/mol. The molecule has 0 aromatic carbocycles. The lowest BCUT2D eigenvalue weighted by Crippen LogP contribution is -2.44. The minimum Gasteiger partial charge on any atom is -0.465 e. The minimum atomic E-state index is -0.948. The van der Waals surface area contributed by atoms with E-state index in [4.69, 9.17) is 4.74 Å². The molecule has 120 valence electrons. The quantitative estimate of drug-likeness (QED) is 0.891. The Bertz CT molecular complexity index is 600. The van der Waals surface area contributed by atoms with E-state index in [9.17, 15) is 14.7 Å². The molecular formula is C14H20N4O4. The number of aromatic nitrogens is 2. The number of hydrogen-bond acceptors (Lipinski definition) is 4. The summed E-state index contributed by atoms with van der Waals surface area (Å²) in [6, 6.07) is -0.131. The maximum Gasteiger partial charge on any atom is 0.407 e. The van der Waals surface area contributed by atoms with E-state index in [-0.39, 0.29) is 24.4 Å². The van der Waals surface area contributed by atoms with Gasteiger partial charge in [0.1, 0.15) is 0 Å². The first-order valence-corrected chi connectivity index (χ1v) is 7.34. The second kappa shape index (κ2) is 5.60. The van der Waals surface area contributed by atoms with E-state index >= 15 is 0 Å². The van der Waals surface area contributed by atoms with Crippen molar-refractivity contribution in [2.45, 2.75) is 32.5 Å². The number of nitrogens with zero attached hydrogens (tertiary/aromatic N) is 4. The standard InChI is InChI=1S/C14H20N4O4/c1-9-5-18-12(7-16(9)14(20)21)11(4-15-18)17-6-10(8-22-2)3-13(17)19/h4,9-10H,3,5-8H2,1-2H3,(H,20,21)/t9-,10?/m0/s1. The Labute approximate surface area is 128 Å². The van der Waals surface area contributed by atoms with Gasteiger partial charge < -0.3 is 14.7 Å². The van der Waals surface area contributed by atoms with Gasteiger partial charge >= 0.3 is 6.09 Å². The van der Waals surface area contributed by atoms with Crippen LogP contribution in [0.4, 0.5) is 10.5 Å². The molecule has 2 aliphatic rings. The maximum absolute atomic E-state index is 12.2. The molecule has 1 aromatic heterocycles. The van der Waals surface area contributed by atoms with Gasteiger partial charge in [-0.3, -0.25) is 14.4 Å². The second-order valence-corrected chi connectivity index (χ2v) is 5.95. The van der Waals surface area contributed by atoms with Crippen molar-refractivity contribution < 1.29 is 19.4 Å². The Balaban J connectivity index is 1.86. The van der Waals surface area contributed by atoms with Gasteiger partial charge in [0.25, 0.3) is 0 Å². The smallest absolute Gasteiger partial charge is 0.407 e. The molecule has 3 rings (SSSR count). The van der Waals surface area contributed by atoms with Crippen LogP contribution in [-0.4, -0.2) is 58.1 Å². The van der Waals surface area contributed by atoms with Gasteiger partial charge in [-0.05, 0) is 6.92 Å². The van der Waals surface area contributed by atoms with E-state index in [2.05, 4.69) is 5.10 Å². The van der Waals surface area contributed by atoms with Crippen molar-refractivity contribution in [1.82, 2.24) is 14.7 Å². The summed E-state index contributed by atoms with van der Waals surface area (Å²) in [5, 5.41) is 13.6. The summed E-state index contributed by atoms with van der Waals surface area (Å²) in [6.07, 6.45) is 1.17. The highest BCUT2D eigenvalue weighted by Crippen LogP contribution is 2.31. The van der Waals surface area contributed by atoms with Gasteiger partial charge in [0.2, 0.25) is 5.91 Å². The molecule has 1 saturated heterocycles. The summed E-state index contributed by atoms with van der Waals surface area (Å²) in [4.78, 5) is 26.6. The molecule has 2 atom stereocenters. The number of ether oxygens (including phenoxy) is 1. The van der Waals surface area contributed by atoms with Crippen LogP contribution in [0.15, 0.2) is 6.20 Å². The van der Waals surface area contributed by atoms with Crippen LogP contribution in [0.25, 0.3) is 0 Å². The zero-order chi connectivity index (χ0) is 15.9. The van der Waals surface area contributed by atoms with Crippen LogP contribution in [-0.2, 0) is 22.6 Å². The van der Waals surface area contributed by atoms with Gasteiger partial charge in [-0.1, -0.05) is 0 Å². The number of carbonyl (C=O) groups is 2. The summed E-state index contributed by atoms with van der Waals surface area (Å²) in [5.74, 6) is 0.212. The zero-order valence-corrected chi connectivity index (χ0v) is 12.7. The van der Waals surface area contributed by atoms with E-state index < -0.39 is 6.09 Å². The Morgan fingerprint density at radius 1 is 1.50 bits per heavy atom. The number of carbonyl (C=O) groups excluding carboxylic acids is 1. The summed E-state index contributed by atoms with van der Waals surface area (Å²) < 4.78 is 6.93. The highest BCUT2D eigenvalue weighted by Gasteiger charge is 2.36. The predicted octanol–water partition coefficient (Wildman–Crippen LogP) is 0.764. The molecule has 0 aliphatic carbocycles. The highest BCUT2D eigenvalue weighted by atomic mass is 16.5. The first-order chi connectivity index (χ1) is 10.5. The normalized spacial score (nSPS) is 24.7. The van der Waals surface area contributed by atoms with Crippen LogP contribution in [0.5, 0.6) is 0 Å². The number of rotatable bonds is 3. The summed E-state index contributed by atoms with van der Waals surface area (Å²) >= 11 is 0. The Morgan fingerprint density at radius 2 is 2.27 bits per heavy atom. The average Bonchev–Trinajstić information content (AvgIpc) is 3.01. The van der Waals surface area contributed by atoms with E-state index in [0.717, 1.165) is 11.4 Å². The summed E-state index contributed by atoms with van der Waals surface area (Å²) in [6.45, 7) is 3.75. The Morgan fingerprint density at radius 3 is 2.95 bits per heavy atom. The van der Waals surface area contributed by atoms with Crippen LogP contribution in [0.2, 0.25) is 0 Å². The SMILES string of the molecule is COCC1CC(=O)N(c2cnn3c2CN(C(=O)O)[C@@H](C)C3)C1. The van der Waals surface area contributed by atoms with Crippen molar-refractivity contribution in [2.75, 3.05) is 25.2 Å². The van der Waals surface area contributed by atoms with Crippen molar-refractivity contribution in [3.63, 3.8) is 0 Å². The number of anilines is 1. The molecule has 22 heavy (non-hydrogen) atoms. The Kier molecular flexibility index (Phi) is 3.78. The van der Waals surface area contributed by atoms with Crippen LogP contribution >= 0.6 is 0 Å². The molecule has 1 aromatic rings. The van der Waals surface area contributed by atoms with Crippen LogP contribution in [0.3, 0.4) is 0 Å². The lowest BCUT2D eigenvalue weighted by atomic mass is 10.1. The molecule has 8 heteroatoms. The van der Waals surface area contributed by atoms with Crippen molar-refractivity contribution in [3.05, 3.63) is 11.9 Å². The predicted molar refractivity (Wildman–Crippen MR) is 77.6 cm³/mol. The van der Waals surface area contributed by atoms with Crippen molar-refractivity contribution in [2.24, 2.45) is 5.92 Å². The van der Waals surface area contributed by atoms with Gasteiger partial charge in [0, 0.05) is 26.0 Å². The molecule has 1 unspecified atom stereocenters. The largest absolute Gasteiger partial charge is 0.465 e. The molecule has 0 radical (unpaired) electrons. The molecule has 3 heterocycles. The van der Waals surface area contributed by atoms with Gasteiger partial charge in [-0.15, -0.1) is 0 Å². The third-order valence-electron chi connectivity index (χ3n) is 4.36. The highest BCUT2D eigenvalue weighted by molar-refractivity contribution is 5.96. The first-order valence-electron chi connectivity index (χ1n) is 7.34. The van der Waals surface area contributed by atoms with E-state index in [1.165, 1.54) is 4.90 Å². The van der Waals surface area contributed by atoms with Crippen LogP contribution < -0.4 is 4.90 Å².